The number of anilines is 1. The minimum atomic E-state index is 0.806. The number of rotatable bonds is 3. The number of hydrogen-bond donors (Lipinski definition) is 2. The van der Waals surface area contributed by atoms with Crippen LogP contribution in [0.5, 0.6) is 0 Å². The van der Waals surface area contributed by atoms with E-state index in [0.29, 0.717) is 0 Å². The van der Waals surface area contributed by atoms with Crippen molar-refractivity contribution in [2.24, 2.45) is 4.99 Å². The van der Waals surface area contributed by atoms with Gasteiger partial charge in [-0.1, -0.05) is 18.2 Å². The highest BCUT2D eigenvalue weighted by molar-refractivity contribution is 5.79. The summed E-state index contributed by atoms with van der Waals surface area (Å²) >= 11 is 0. The summed E-state index contributed by atoms with van der Waals surface area (Å²) in [7, 11) is 3.67. The third-order valence-corrected chi connectivity index (χ3v) is 3.60. The van der Waals surface area contributed by atoms with Gasteiger partial charge in [0.2, 0.25) is 0 Å². The molecule has 2 N–H and O–H groups in total. The minimum absolute atomic E-state index is 0.806. The van der Waals surface area contributed by atoms with Crippen molar-refractivity contribution in [1.82, 2.24) is 10.6 Å². The van der Waals surface area contributed by atoms with Crippen LogP contribution in [0.15, 0.2) is 29.3 Å². The van der Waals surface area contributed by atoms with E-state index < -0.39 is 0 Å². The Balaban J connectivity index is 2.07. The topological polar surface area (TPSA) is 39.7 Å². The van der Waals surface area contributed by atoms with Gasteiger partial charge < -0.3 is 15.5 Å². The quantitative estimate of drug-likeness (QED) is 0.645. The van der Waals surface area contributed by atoms with Gasteiger partial charge in [-0.2, -0.15) is 0 Å². The molecular formula is C15H24N4. The van der Waals surface area contributed by atoms with Gasteiger partial charge in [-0.15, -0.1) is 0 Å². The summed E-state index contributed by atoms with van der Waals surface area (Å²) < 4.78 is 0. The Labute approximate surface area is 115 Å². The number of para-hydroxylation sites is 1. The fourth-order valence-corrected chi connectivity index (χ4v) is 2.56. The van der Waals surface area contributed by atoms with E-state index in [0.717, 1.165) is 12.5 Å². The molecule has 1 aromatic carbocycles. The second-order valence-corrected chi connectivity index (χ2v) is 4.85. The highest BCUT2D eigenvalue weighted by Gasteiger charge is 2.13. The van der Waals surface area contributed by atoms with Crippen molar-refractivity contribution in [3.8, 4) is 0 Å². The third kappa shape index (κ3) is 3.63. The van der Waals surface area contributed by atoms with Crippen LogP contribution in [0.2, 0.25) is 0 Å². The van der Waals surface area contributed by atoms with Crippen LogP contribution in [0.3, 0.4) is 0 Å². The number of benzene rings is 1. The Morgan fingerprint density at radius 2 is 1.95 bits per heavy atom. The monoisotopic (exact) mass is 260 g/mol. The van der Waals surface area contributed by atoms with Gasteiger partial charge in [0.05, 0.1) is 0 Å². The van der Waals surface area contributed by atoms with E-state index in [2.05, 4.69) is 44.8 Å². The summed E-state index contributed by atoms with van der Waals surface area (Å²) in [6, 6.07) is 8.65. The zero-order valence-electron chi connectivity index (χ0n) is 11.9. The fraction of sp³-hybridized carbons (Fsp3) is 0.533. The molecule has 1 fully saturated rings. The summed E-state index contributed by atoms with van der Waals surface area (Å²) in [6.45, 7) is 3.16. The minimum Gasteiger partial charge on any atom is -0.371 e. The lowest BCUT2D eigenvalue weighted by atomic mass is 10.1. The standard InChI is InChI=1S/C15H24N4/c1-16-15(17-2)18-12-13-8-4-5-9-14(13)19-10-6-3-7-11-19/h4-5,8-9H,3,6-7,10-12H2,1-2H3,(H2,16,17,18). The Morgan fingerprint density at radius 1 is 1.21 bits per heavy atom. The van der Waals surface area contributed by atoms with Gasteiger partial charge in [0.25, 0.3) is 0 Å². The zero-order valence-corrected chi connectivity index (χ0v) is 11.9. The molecule has 0 saturated carbocycles. The summed E-state index contributed by atoms with van der Waals surface area (Å²) in [4.78, 5) is 6.65. The molecule has 0 amide bonds. The van der Waals surface area contributed by atoms with Crippen molar-refractivity contribution >= 4 is 11.6 Å². The largest absolute Gasteiger partial charge is 0.371 e. The van der Waals surface area contributed by atoms with Crippen LogP contribution in [-0.4, -0.2) is 33.1 Å². The molecule has 1 aliphatic heterocycles. The average Bonchev–Trinajstić information content (AvgIpc) is 2.49. The average molecular weight is 260 g/mol. The first-order chi connectivity index (χ1) is 9.35. The smallest absolute Gasteiger partial charge is 0.190 e. The van der Waals surface area contributed by atoms with E-state index >= 15 is 0 Å². The molecule has 1 saturated heterocycles. The summed E-state index contributed by atoms with van der Waals surface area (Å²) in [5.41, 5.74) is 2.70. The molecule has 0 radical (unpaired) electrons. The molecule has 0 atom stereocenters. The lowest BCUT2D eigenvalue weighted by molar-refractivity contribution is 0.576. The molecule has 4 heteroatoms. The van der Waals surface area contributed by atoms with E-state index in [1.165, 1.54) is 43.6 Å². The van der Waals surface area contributed by atoms with Gasteiger partial charge >= 0.3 is 0 Å². The molecule has 1 aliphatic rings. The number of piperidine rings is 1. The van der Waals surface area contributed by atoms with Gasteiger partial charge in [0, 0.05) is 39.4 Å². The van der Waals surface area contributed by atoms with Crippen molar-refractivity contribution < 1.29 is 0 Å². The van der Waals surface area contributed by atoms with Crippen molar-refractivity contribution in [3.63, 3.8) is 0 Å². The van der Waals surface area contributed by atoms with E-state index in [4.69, 9.17) is 0 Å². The van der Waals surface area contributed by atoms with Crippen LogP contribution in [0.1, 0.15) is 24.8 Å². The maximum absolute atomic E-state index is 4.14. The van der Waals surface area contributed by atoms with Gasteiger partial charge in [0.15, 0.2) is 5.96 Å². The van der Waals surface area contributed by atoms with E-state index in [-0.39, 0.29) is 0 Å². The van der Waals surface area contributed by atoms with E-state index in [1.807, 2.05) is 7.05 Å². The van der Waals surface area contributed by atoms with E-state index in [9.17, 15) is 0 Å². The summed E-state index contributed by atoms with van der Waals surface area (Å²) in [6.07, 6.45) is 3.98. The molecule has 0 spiro atoms. The number of guanidine groups is 1. The Morgan fingerprint density at radius 3 is 2.63 bits per heavy atom. The van der Waals surface area contributed by atoms with Crippen molar-refractivity contribution in [3.05, 3.63) is 29.8 Å². The third-order valence-electron chi connectivity index (χ3n) is 3.60. The molecule has 0 aromatic heterocycles. The molecule has 2 rings (SSSR count). The lowest BCUT2D eigenvalue weighted by Crippen LogP contribution is -2.35. The van der Waals surface area contributed by atoms with Crippen molar-refractivity contribution in [2.45, 2.75) is 25.8 Å². The van der Waals surface area contributed by atoms with Gasteiger partial charge in [-0.3, -0.25) is 4.99 Å². The second kappa shape index (κ2) is 7.02. The molecule has 0 bridgehead atoms. The lowest BCUT2D eigenvalue weighted by Gasteiger charge is -2.30. The molecular weight excluding hydrogens is 236 g/mol. The van der Waals surface area contributed by atoms with Crippen molar-refractivity contribution in [2.75, 3.05) is 32.1 Å². The maximum atomic E-state index is 4.14. The molecule has 0 unspecified atom stereocenters. The predicted octanol–water partition coefficient (Wildman–Crippen LogP) is 1.97. The molecule has 1 heterocycles. The SMILES string of the molecule is CN=C(NC)NCc1ccccc1N1CCCCC1. The number of nitrogens with one attached hydrogen (secondary N) is 2. The van der Waals surface area contributed by atoms with Crippen molar-refractivity contribution in [1.29, 1.82) is 0 Å². The van der Waals surface area contributed by atoms with Crippen LogP contribution < -0.4 is 15.5 Å². The maximum Gasteiger partial charge on any atom is 0.190 e. The normalized spacial score (nSPS) is 16.3. The zero-order chi connectivity index (χ0) is 13.5. The summed E-state index contributed by atoms with van der Waals surface area (Å²) in [5, 5.41) is 6.37. The number of nitrogens with zero attached hydrogens (tertiary/aromatic N) is 2. The Hall–Kier alpha value is -1.71. The number of hydrogen-bond acceptors (Lipinski definition) is 2. The second-order valence-electron chi connectivity index (χ2n) is 4.85. The Bertz CT molecular complexity index is 422. The first-order valence-electron chi connectivity index (χ1n) is 7.06. The molecule has 19 heavy (non-hydrogen) atoms. The first-order valence-corrected chi connectivity index (χ1v) is 7.06. The molecule has 4 nitrogen and oxygen atoms in total. The van der Waals surface area contributed by atoms with Crippen LogP contribution >= 0.6 is 0 Å². The fourth-order valence-electron chi connectivity index (χ4n) is 2.56. The highest BCUT2D eigenvalue weighted by atomic mass is 15.2. The van der Waals surface area contributed by atoms with E-state index in [1.54, 1.807) is 7.05 Å². The van der Waals surface area contributed by atoms with Gasteiger partial charge in [-0.25, -0.2) is 0 Å². The van der Waals surface area contributed by atoms with Crippen LogP contribution in [0.4, 0.5) is 5.69 Å². The number of aliphatic imine (C=N–C) groups is 1. The predicted molar refractivity (Wildman–Crippen MR) is 81.8 cm³/mol. The van der Waals surface area contributed by atoms with Gasteiger partial charge in [0.1, 0.15) is 0 Å². The molecule has 0 aliphatic carbocycles. The first kappa shape index (κ1) is 13.7. The van der Waals surface area contributed by atoms with Gasteiger partial charge in [-0.05, 0) is 30.9 Å². The highest BCUT2D eigenvalue weighted by Crippen LogP contribution is 2.23. The molecule has 104 valence electrons. The van der Waals surface area contributed by atoms with Crippen LogP contribution in [-0.2, 0) is 6.54 Å². The van der Waals surface area contributed by atoms with Crippen LogP contribution in [0, 0.1) is 0 Å². The molecule has 1 aromatic rings. The van der Waals surface area contributed by atoms with Crippen LogP contribution in [0.25, 0.3) is 0 Å². The Kier molecular flexibility index (Phi) is 5.07. The summed E-state index contributed by atoms with van der Waals surface area (Å²) in [5.74, 6) is 0.827.